The average molecular weight is 262 g/mol. The molecule has 0 aliphatic heterocycles. The van der Waals surface area contributed by atoms with Crippen LogP contribution >= 0.6 is 11.6 Å². The van der Waals surface area contributed by atoms with Crippen molar-refractivity contribution in [2.75, 3.05) is 0 Å². The summed E-state index contributed by atoms with van der Waals surface area (Å²) in [5.74, 6) is 0. The van der Waals surface area contributed by atoms with Crippen molar-refractivity contribution in [2.45, 2.75) is 32.0 Å². The summed E-state index contributed by atoms with van der Waals surface area (Å²) < 4.78 is 1.85. The minimum absolute atomic E-state index is 0.681. The summed E-state index contributed by atoms with van der Waals surface area (Å²) >= 11 is 5.84. The first-order valence-corrected chi connectivity index (χ1v) is 6.66. The molecule has 1 aliphatic carbocycles. The van der Waals surface area contributed by atoms with E-state index in [0.717, 1.165) is 19.1 Å². The molecule has 1 fully saturated rings. The van der Waals surface area contributed by atoms with Crippen molar-refractivity contribution in [1.82, 2.24) is 15.1 Å². The van der Waals surface area contributed by atoms with Crippen LogP contribution in [0.15, 0.2) is 36.7 Å². The van der Waals surface area contributed by atoms with Crippen molar-refractivity contribution in [3.05, 3.63) is 52.8 Å². The fraction of sp³-hybridized carbons (Fsp3) is 0.357. The first kappa shape index (κ1) is 11.8. The highest BCUT2D eigenvalue weighted by molar-refractivity contribution is 6.30. The average Bonchev–Trinajstić information content (AvgIpc) is 3.12. The lowest BCUT2D eigenvalue weighted by Crippen LogP contribution is -2.15. The Morgan fingerprint density at radius 1 is 1.22 bits per heavy atom. The number of hydrogen-bond acceptors (Lipinski definition) is 2. The van der Waals surface area contributed by atoms with Gasteiger partial charge in [0.1, 0.15) is 0 Å². The van der Waals surface area contributed by atoms with Crippen LogP contribution in [0.5, 0.6) is 0 Å². The van der Waals surface area contributed by atoms with Crippen LogP contribution in [-0.4, -0.2) is 15.8 Å². The molecule has 1 heterocycles. The molecule has 1 saturated carbocycles. The molecule has 0 unspecified atom stereocenters. The van der Waals surface area contributed by atoms with Gasteiger partial charge in [-0.25, -0.2) is 0 Å². The number of rotatable bonds is 5. The number of benzene rings is 1. The highest BCUT2D eigenvalue weighted by Crippen LogP contribution is 2.19. The minimum Gasteiger partial charge on any atom is -0.310 e. The van der Waals surface area contributed by atoms with Gasteiger partial charge in [-0.2, -0.15) is 5.10 Å². The van der Waals surface area contributed by atoms with Gasteiger partial charge in [0.2, 0.25) is 0 Å². The molecular weight excluding hydrogens is 246 g/mol. The molecule has 0 amide bonds. The van der Waals surface area contributed by atoms with Gasteiger partial charge in [-0.3, -0.25) is 4.68 Å². The van der Waals surface area contributed by atoms with Crippen LogP contribution in [0.4, 0.5) is 0 Å². The second kappa shape index (κ2) is 5.12. The fourth-order valence-electron chi connectivity index (χ4n) is 1.92. The van der Waals surface area contributed by atoms with E-state index in [4.69, 9.17) is 11.6 Å². The molecule has 0 saturated heterocycles. The zero-order valence-electron chi connectivity index (χ0n) is 10.1. The van der Waals surface area contributed by atoms with E-state index in [1.54, 1.807) is 6.20 Å². The van der Waals surface area contributed by atoms with E-state index in [0.29, 0.717) is 5.02 Å². The minimum atomic E-state index is 0.681. The zero-order valence-corrected chi connectivity index (χ0v) is 10.9. The lowest BCUT2D eigenvalue weighted by molar-refractivity contribution is 0.680. The summed E-state index contributed by atoms with van der Waals surface area (Å²) in [6.45, 7) is 1.74. The summed E-state index contributed by atoms with van der Waals surface area (Å²) in [6, 6.07) is 9.42. The van der Waals surface area contributed by atoms with Gasteiger partial charge >= 0.3 is 0 Å². The second-order valence-corrected chi connectivity index (χ2v) is 5.26. The molecule has 2 aromatic rings. The number of hydrogen-bond donors (Lipinski definition) is 1. The van der Waals surface area contributed by atoms with E-state index in [2.05, 4.69) is 34.7 Å². The molecule has 0 bridgehead atoms. The maximum absolute atomic E-state index is 5.84. The maximum atomic E-state index is 5.84. The van der Waals surface area contributed by atoms with Crippen LogP contribution in [0.1, 0.15) is 24.0 Å². The van der Waals surface area contributed by atoms with Gasteiger partial charge in [-0.15, -0.1) is 0 Å². The normalized spacial score (nSPS) is 14.9. The number of nitrogens with zero attached hydrogens (tertiary/aromatic N) is 2. The number of halogens is 1. The quantitative estimate of drug-likeness (QED) is 0.897. The Labute approximate surface area is 112 Å². The van der Waals surface area contributed by atoms with Crippen molar-refractivity contribution >= 4 is 11.6 Å². The molecule has 0 radical (unpaired) electrons. The molecular formula is C14H16ClN3. The molecule has 1 aromatic heterocycles. The summed E-state index contributed by atoms with van der Waals surface area (Å²) in [7, 11) is 0. The fourth-order valence-corrected chi connectivity index (χ4v) is 2.08. The molecule has 18 heavy (non-hydrogen) atoms. The topological polar surface area (TPSA) is 29.9 Å². The van der Waals surface area contributed by atoms with Crippen molar-refractivity contribution in [3.63, 3.8) is 0 Å². The maximum Gasteiger partial charge on any atom is 0.0785 e. The molecule has 1 aliphatic rings. The molecule has 3 rings (SSSR count). The van der Waals surface area contributed by atoms with E-state index < -0.39 is 0 Å². The third-order valence-electron chi connectivity index (χ3n) is 3.14. The SMILES string of the molecule is Clc1cnn(Cc2ccc(CNC3CC3)cc2)c1. The largest absolute Gasteiger partial charge is 0.310 e. The van der Waals surface area contributed by atoms with Crippen LogP contribution in [0, 0.1) is 0 Å². The van der Waals surface area contributed by atoms with Gasteiger partial charge < -0.3 is 5.32 Å². The van der Waals surface area contributed by atoms with Crippen LogP contribution in [0.25, 0.3) is 0 Å². The first-order valence-electron chi connectivity index (χ1n) is 6.29. The van der Waals surface area contributed by atoms with E-state index >= 15 is 0 Å². The van der Waals surface area contributed by atoms with Gasteiger partial charge in [0.15, 0.2) is 0 Å². The Kier molecular flexibility index (Phi) is 3.35. The number of nitrogens with one attached hydrogen (secondary N) is 1. The predicted octanol–water partition coefficient (Wildman–Crippen LogP) is 2.84. The molecule has 4 heteroatoms. The Morgan fingerprint density at radius 3 is 2.56 bits per heavy atom. The molecule has 0 spiro atoms. The lowest BCUT2D eigenvalue weighted by Gasteiger charge is -2.05. The molecule has 94 valence electrons. The second-order valence-electron chi connectivity index (χ2n) is 4.83. The van der Waals surface area contributed by atoms with Gasteiger partial charge in [0.25, 0.3) is 0 Å². The van der Waals surface area contributed by atoms with E-state index in [1.807, 2.05) is 10.9 Å². The predicted molar refractivity (Wildman–Crippen MR) is 72.6 cm³/mol. The summed E-state index contributed by atoms with van der Waals surface area (Å²) in [5.41, 5.74) is 2.58. The molecule has 3 nitrogen and oxygen atoms in total. The number of aromatic nitrogens is 2. The summed E-state index contributed by atoms with van der Waals surface area (Å²) in [6.07, 6.45) is 6.16. The van der Waals surface area contributed by atoms with Crippen LogP contribution in [0.2, 0.25) is 5.02 Å². The Hall–Kier alpha value is -1.32. The van der Waals surface area contributed by atoms with Gasteiger partial charge in [0, 0.05) is 18.8 Å². The summed E-state index contributed by atoms with van der Waals surface area (Å²) in [5, 5.41) is 8.36. The molecule has 0 atom stereocenters. The van der Waals surface area contributed by atoms with E-state index in [9.17, 15) is 0 Å². The first-order chi connectivity index (χ1) is 8.79. The van der Waals surface area contributed by atoms with Crippen LogP contribution in [0.3, 0.4) is 0 Å². The standard InChI is InChI=1S/C14H16ClN3/c15-13-8-17-18(10-13)9-12-3-1-11(2-4-12)7-16-14-5-6-14/h1-4,8,10,14,16H,5-7,9H2. The molecule has 1 aromatic carbocycles. The third kappa shape index (κ3) is 3.12. The highest BCUT2D eigenvalue weighted by Gasteiger charge is 2.19. The Bertz CT molecular complexity index is 514. The summed E-state index contributed by atoms with van der Waals surface area (Å²) in [4.78, 5) is 0. The lowest BCUT2D eigenvalue weighted by atomic mass is 10.1. The van der Waals surface area contributed by atoms with Gasteiger partial charge in [0.05, 0.1) is 17.8 Å². The van der Waals surface area contributed by atoms with E-state index in [1.165, 1.54) is 24.0 Å². The van der Waals surface area contributed by atoms with Crippen LogP contribution in [-0.2, 0) is 13.1 Å². The van der Waals surface area contributed by atoms with Crippen molar-refractivity contribution in [3.8, 4) is 0 Å². The monoisotopic (exact) mass is 261 g/mol. The van der Waals surface area contributed by atoms with Crippen molar-refractivity contribution in [1.29, 1.82) is 0 Å². The van der Waals surface area contributed by atoms with Gasteiger partial charge in [-0.1, -0.05) is 35.9 Å². The third-order valence-corrected chi connectivity index (χ3v) is 3.34. The molecule has 1 N–H and O–H groups in total. The van der Waals surface area contributed by atoms with Crippen molar-refractivity contribution < 1.29 is 0 Å². The van der Waals surface area contributed by atoms with E-state index in [-0.39, 0.29) is 0 Å². The van der Waals surface area contributed by atoms with Gasteiger partial charge in [-0.05, 0) is 24.0 Å². The Balaban J connectivity index is 1.59. The Morgan fingerprint density at radius 2 is 1.94 bits per heavy atom. The highest BCUT2D eigenvalue weighted by atomic mass is 35.5. The zero-order chi connectivity index (χ0) is 12.4. The smallest absolute Gasteiger partial charge is 0.0785 e. The van der Waals surface area contributed by atoms with Crippen molar-refractivity contribution in [2.24, 2.45) is 0 Å². The van der Waals surface area contributed by atoms with Crippen LogP contribution < -0.4 is 5.32 Å².